The number of benzene rings is 2. The maximum absolute atomic E-state index is 12.6. The topological polar surface area (TPSA) is 87.7 Å². The molecule has 0 aromatic heterocycles. The Balaban J connectivity index is 1.29. The van der Waals surface area contributed by atoms with Crippen molar-refractivity contribution in [1.82, 2.24) is 14.9 Å². The third kappa shape index (κ3) is 6.56. The number of methoxy groups -OCH3 is 1. The number of sulfonamides is 1. The summed E-state index contributed by atoms with van der Waals surface area (Å²) < 4.78 is 32.5. The molecule has 2 aromatic carbocycles. The highest BCUT2D eigenvalue weighted by atomic mass is 32.2. The molecule has 4 rings (SSSR count). The molecule has 1 aliphatic carbocycles. The van der Waals surface area contributed by atoms with Crippen molar-refractivity contribution in [1.29, 1.82) is 0 Å². The number of ether oxygens (including phenoxy) is 1. The van der Waals surface area contributed by atoms with Gasteiger partial charge in [-0.3, -0.25) is 9.69 Å². The second-order valence-corrected chi connectivity index (χ2v) is 10.6. The van der Waals surface area contributed by atoms with Crippen LogP contribution in [0.2, 0.25) is 0 Å². The van der Waals surface area contributed by atoms with Crippen molar-refractivity contribution >= 4 is 15.9 Å². The fourth-order valence-electron chi connectivity index (χ4n) is 4.22. The summed E-state index contributed by atoms with van der Waals surface area (Å²) in [4.78, 5) is 15.3. The Morgan fingerprint density at radius 1 is 1.06 bits per heavy atom. The van der Waals surface area contributed by atoms with Crippen molar-refractivity contribution in [3.05, 3.63) is 59.7 Å². The number of rotatable bonds is 11. The van der Waals surface area contributed by atoms with E-state index in [2.05, 4.69) is 27.1 Å². The third-order valence-corrected chi connectivity index (χ3v) is 7.88. The number of hydrogen-bond donors (Lipinski definition) is 2. The number of nitrogens with one attached hydrogen (secondary N) is 2. The first-order chi connectivity index (χ1) is 15.9. The van der Waals surface area contributed by atoms with Gasteiger partial charge in [0.15, 0.2) is 0 Å². The van der Waals surface area contributed by atoms with E-state index in [0.29, 0.717) is 19.4 Å². The van der Waals surface area contributed by atoms with Crippen LogP contribution >= 0.6 is 0 Å². The summed E-state index contributed by atoms with van der Waals surface area (Å²) >= 11 is 0. The molecule has 1 heterocycles. The number of carbonyl (C=O) groups excluding carboxylic acids is 1. The second-order valence-electron chi connectivity index (χ2n) is 8.88. The molecule has 7 nitrogen and oxygen atoms in total. The first-order valence-corrected chi connectivity index (χ1v) is 13.2. The van der Waals surface area contributed by atoms with E-state index in [9.17, 15) is 13.2 Å². The molecule has 0 radical (unpaired) electrons. The Morgan fingerprint density at radius 2 is 1.73 bits per heavy atom. The van der Waals surface area contributed by atoms with Gasteiger partial charge >= 0.3 is 0 Å². The van der Waals surface area contributed by atoms with Gasteiger partial charge in [-0.1, -0.05) is 24.3 Å². The van der Waals surface area contributed by atoms with Crippen molar-refractivity contribution in [2.75, 3.05) is 26.7 Å². The lowest BCUT2D eigenvalue weighted by Crippen LogP contribution is -2.36. The van der Waals surface area contributed by atoms with E-state index in [1.165, 1.54) is 18.4 Å². The van der Waals surface area contributed by atoms with Gasteiger partial charge in [-0.15, -0.1) is 0 Å². The van der Waals surface area contributed by atoms with Gasteiger partial charge in [0.05, 0.1) is 18.0 Å². The normalized spacial score (nSPS) is 17.6. The van der Waals surface area contributed by atoms with Gasteiger partial charge in [0.2, 0.25) is 15.9 Å². The van der Waals surface area contributed by atoms with Crippen LogP contribution in [0.5, 0.6) is 5.75 Å². The second kappa shape index (κ2) is 10.7. The van der Waals surface area contributed by atoms with Crippen molar-refractivity contribution in [3.63, 3.8) is 0 Å². The van der Waals surface area contributed by atoms with Gasteiger partial charge < -0.3 is 10.1 Å². The van der Waals surface area contributed by atoms with Crippen LogP contribution in [0.15, 0.2) is 53.4 Å². The molecular weight excluding hydrogens is 438 g/mol. The van der Waals surface area contributed by atoms with Gasteiger partial charge in [0.25, 0.3) is 0 Å². The zero-order valence-corrected chi connectivity index (χ0v) is 19.9. The molecule has 1 amide bonds. The van der Waals surface area contributed by atoms with E-state index < -0.39 is 10.0 Å². The van der Waals surface area contributed by atoms with Gasteiger partial charge in [-0.2, -0.15) is 0 Å². The molecule has 0 spiro atoms. The van der Waals surface area contributed by atoms with Gasteiger partial charge in [-0.05, 0) is 80.6 Å². The zero-order valence-electron chi connectivity index (χ0n) is 19.1. The van der Waals surface area contributed by atoms with Crippen molar-refractivity contribution < 1.29 is 17.9 Å². The average molecular weight is 472 g/mol. The van der Waals surface area contributed by atoms with Crippen LogP contribution in [-0.4, -0.2) is 52.0 Å². The highest BCUT2D eigenvalue weighted by molar-refractivity contribution is 7.89. The molecule has 1 aliphatic heterocycles. The lowest BCUT2D eigenvalue weighted by molar-refractivity contribution is -0.121. The minimum Gasteiger partial charge on any atom is -0.497 e. The number of aryl methyl sites for hydroxylation is 1. The Kier molecular flexibility index (Phi) is 7.67. The molecule has 0 bridgehead atoms. The highest BCUT2D eigenvalue weighted by Crippen LogP contribution is 2.26. The largest absolute Gasteiger partial charge is 0.497 e. The van der Waals surface area contributed by atoms with E-state index in [-0.39, 0.29) is 22.9 Å². The van der Waals surface area contributed by atoms with Gasteiger partial charge in [0.1, 0.15) is 5.75 Å². The number of hydrogen-bond acceptors (Lipinski definition) is 5. The molecule has 2 fully saturated rings. The van der Waals surface area contributed by atoms with E-state index in [4.69, 9.17) is 4.74 Å². The van der Waals surface area contributed by atoms with Crippen molar-refractivity contribution in [3.8, 4) is 5.75 Å². The van der Waals surface area contributed by atoms with Crippen LogP contribution in [0, 0.1) is 0 Å². The number of amides is 1. The van der Waals surface area contributed by atoms with E-state index in [1.807, 2.05) is 12.1 Å². The maximum Gasteiger partial charge on any atom is 0.240 e. The van der Waals surface area contributed by atoms with Crippen LogP contribution in [0.3, 0.4) is 0 Å². The van der Waals surface area contributed by atoms with Crippen molar-refractivity contribution in [2.24, 2.45) is 0 Å². The standard InChI is InChI=1S/C25H33N3O4S/c1-32-22-11-7-20(8-12-22)24(28-16-2-3-17-28)18-26-25(29)15-6-19-4-13-23(14-5-19)33(30,31)27-21-9-10-21/h4-5,7-8,11-14,21,24,27H,2-3,6,9-10,15-18H2,1H3,(H,26,29). The third-order valence-electron chi connectivity index (χ3n) is 6.35. The fourth-order valence-corrected chi connectivity index (χ4v) is 5.52. The van der Waals surface area contributed by atoms with Crippen LogP contribution in [0.1, 0.15) is 49.3 Å². The average Bonchev–Trinajstić information content (AvgIpc) is 3.46. The minimum absolute atomic E-state index is 0.000179. The molecule has 1 atom stereocenters. The number of carbonyl (C=O) groups is 1. The Hall–Kier alpha value is -2.42. The lowest BCUT2D eigenvalue weighted by atomic mass is 10.0. The molecule has 2 aromatic rings. The molecule has 1 saturated heterocycles. The molecule has 2 aliphatic rings. The Morgan fingerprint density at radius 3 is 2.33 bits per heavy atom. The molecular formula is C25H33N3O4S. The molecule has 1 unspecified atom stereocenters. The summed E-state index contributed by atoms with van der Waals surface area (Å²) in [6.07, 6.45) is 5.11. The quantitative estimate of drug-likeness (QED) is 0.526. The van der Waals surface area contributed by atoms with E-state index >= 15 is 0 Å². The van der Waals surface area contributed by atoms with Crippen LogP contribution in [-0.2, 0) is 21.2 Å². The predicted molar refractivity (Wildman–Crippen MR) is 128 cm³/mol. The smallest absolute Gasteiger partial charge is 0.240 e. The molecule has 2 N–H and O–H groups in total. The predicted octanol–water partition coefficient (Wildman–Crippen LogP) is 3.02. The first-order valence-electron chi connectivity index (χ1n) is 11.7. The van der Waals surface area contributed by atoms with Gasteiger partial charge in [0, 0.05) is 19.0 Å². The molecule has 178 valence electrons. The fraction of sp³-hybridized carbons (Fsp3) is 0.480. The first kappa shape index (κ1) is 23.7. The number of likely N-dealkylation sites (tertiary alicyclic amines) is 1. The van der Waals surface area contributed by atoms with Crippen LogP contribution < -0.4 is 14.8 Å². The maximum atomic E-state index is 12.6. The van der Waals surface area contributed by atoms with E-state index in [1.54, 1.807) is 31.4 Å². The lowest BCUT2D eigenvalue weighted by Gasteiger charge is -2.28. The molecule has 33 heavy (non-hydrogen) atoms. The molecule has 1 saturated carbocycles. The van der Waals surface area contributed by atoms with Crippen molar-refractivity contribution in [2.45, 2.75) is 55.5 Å². The van der Waals surface area contributed by atoms with E-state index in [0.717, 1.165) is 37.2 Å². The summed E-state index contributed by atoms with van der Waals surface area (Å²) in [7, 11) is -1.79. The summed E-state index contributed by atoms with van der Waals surface area (Å²) in [6.45, 7) is 2.64. The molecule has 8 heteroatoms. The minimum atomic E-state index is -3.44. The van der Waals surface area contributed by atoms with Crippen LogP contribution in [0.4, 0.5) is 0 Å². The summed E-state index contributed by atoms with van der Waals surface area (Å²) in [5, 5.41) is 3.10. The summed E-state index contributed by atoms with van der Waals surface area (Å²) in [5.41, 5.74) is 2.12. The summed E-state index contributed by atoms with van der Waals surface area (Å²) in [5.74, 6) is 0.824. The number of nitrogens with zero attached hydrogens (tertiary/aromatic N) is 1. The monoisotopic (exact) mass is 471 g/mol. The SMILES string of the molecule is COc1ccc(C(CNC(=O)CCc2ccc(S(=O)(=O)NC3CC3)cc2)N2CCCC2)cc1. The zero-order chi connectivity index (χ0) is 23.3. The van der Waals surface area contributed by atoms with Gasteiger partial charge in [-0.25, -0.2) is 13.1 Å². The summed E-state index contributed by atoms with van der Waals surface area (Å²) in [6, 6.07) is 15.1. The van der Waals surface area contributed by atoms with Crippen LogP contribution in [0.25, 0.3) is 0 Å². The Bertz CT molecular complexity index is 1030. The Labute approximate surface area is 196 Å². The highest BCUT2D eigenvalue weighted by Gasteiger charge is 2.28.